The van der Waals surface area contributed by atoms with Crippen LogP contribution >= 0.6 is 11.6 Å². The van der Waals surface area contributed by atoms with Crippen LogP contribution in [0.25, 0.3) is 0 Å². The molecule has 0 aromatic rings. The Labute approximate surface area is 55.0 Å². The fraction of sp³-hybridized carbons (Fsp3) is 1.00. The van der Waals surface area contributed by atoms with E-state index < -0.39 is 0 Å². The number of hydrogen-bond donors (Lipinski definition) is 0. The van der Waals surface area contributed by atoms with Crippen molar-refractivity contribution in [3.63, 3.8) is 0 Å². The maximum atomic E-state index is 5.85. The Morgan fingerprint density at radius 3 is 2.62 bits per heavy atom. The van der Waals surface area contributed by atoms with Crippen LogP contribution < -0.4 is 0 Å². The van der Waals surface area contributed by atoms with Gasteiger partial charge in [0.25, 0.3) is 0 Å². The molecule has 1 saturated heterocycles. The van der Waals surface area contributed by atoms with Crippen molar-refractivity contribution in [1.82, 2.24) is 0 Å². The maximum absolute atomic E-state index is 5.85. The molecule has 0 bridgehead atoms. The molecule has 0 saturated carbocycles. The zero-order valence-electron chi connectivity index (χ0n) is 5.06. The highest BCUT2D eigenvalue weighted by Crippen LogP contribution is 2.21. The van der Waals surface area contributed by atoms with Gasteiger partial charge in [0.2, 0.25) is 0 Å². The van der Waals surface area contributed by atoms with Crippen LogP contribution in [0.3, 0.4) is 0 Å². The number of hydrogen-bond acceptors (Lipinski definition) is 1. The summed E-state index contributed by atoms with van der Waals surface area (Å²) in [6.45, 7) is 3.76. The van der Waals surface area contributed by atoms with Crippen LogP contribution in [0.5, 0.6) is 0 Å². The monoisotopic (exact) mass is 134 g/mol. The molecule has 0 spiro atoms. The molecule has 2 unspecified atom stereocenters. The Hall–Kier alpha value is 0.250. The van der Waals surface area contributed by atoms with E-state index in [-0.39, 0.29) is 5.38 Å². The minimum atomic E-state index is 0.278. The normalized spacial score (nSPS) is 38.2. The Balaban J connectivity index is 2.30. The first-order chi connectivity index (χ1) is 3.84. The summed E-state index contributed by atoms with van der Waals surface area (Å²) >= 11 is 5.85. The quantitative estimate of drug-likeness (QED) is 0.496. The molecule has 0 amide bonds. The molecule has 0 aromatic carbocycles. The third-order valence-electron chi connectivity index (χ3n) is 1.64. The van der Waals surface area contributed by atoms with Crippen molar-refractivity contribution in [2.75, 3.05) is 13.2 Å². The van der Waals surface area contributed by atoms with Crippen LogP contribution in [-0.4, -0.2) is 18.6 Å². The average Bonchev–Trinajstić information content (AvgIpc) is 2.14. The number of halogens is 1. The van der Waals surface area contributed by atoms with E-state index in [4.69, 9.17) is 16.3 Å². The lowest BCUT2D eigenvalue weighted by Gasteiger charge is -2.05. The first-order valence-corrected chi connectivity index (χ1v) is 3.50. The molecule has 2 atom stereocenters. The summed E-state index contributed by atoms with van der Waals surface area (Å²) in [6, 6.07) is 0. The van der Waals surface area contributed by atoms with Crippen LogP contribution in [0, 0.1) is 5.92 Å². The minimum absolute atomic E-state index is 0.278. The Morgan fingerprint density at radius 1 is 1.62 bits per heavy atom. The van der Waals surface area contributed by atoms with Crippen molar-refractivity contribution < 1.29 is 4.74 Å². The second-order valence-electron chi connectivity index (χ2n) is 2.22. The van der Waals surface area contributed by atoms with Gasteiger partial charge < -0.3 is 4.74 Å². The smallest absolute Gasteiger partial charge is 0.0633 e. The molecule has 0 radical (unpaired) electrons. The number of alkyl halides is 1. The predicted molar refractivity (Wildman–Crippen MR) is 34.2 cm³/mol. The van der Waals surface area contributed by atoms with Crippen LogP contribution in [-0.2, 0) is 4.74 Å². The molecule has 1 aliphatic rings. The van der Waals surface area contributed by atoms with E-state index in [0.29, 0.717) is 5.92 Å². The van der Waals surface area contributed by atoms with E-state index >= 15 is 0 Å². The Morgan fingerprint density at radius 2 is 2.38 bits per heavy atom. The van der Waals surface area contributed by atoms with Crippen molar-refractivity contribution in [3.05, 3.63) is 0 Å². The van der Waals surface area contributed by atoms with Gasteiger partial charge in [-0.05, 0) is 6.42 Å². The summed E-state index contributed by atoms with van der Waals surface area (Å²) in [4.78, 5) is 0. The molecule has 0 N–H and O–H groups in total. The number of ether oxygens (including phenoxy) is 1. The third kappa shape index (κ3) is 1.15. The lowest BCUT2D eigenvalue weighted by molar-refractivity contribution is 0.185. The van der Waals surface area contributed by atoms with E-state index in [1.54, 1.807) is 0 Å². The van der Waals surface area contributed by atoms with E-state index in [2.05, 4.69) is 6.92 Å². The molecular formula is C6H11ClO. The second kappa shape index (κ2) is 2.70. The molecule has 8 heavy (non-hydrogen) atoms. The van der Waals surface area contributed by atoms with Crippen molar-refractivity contribution in [1.29, 1.82) is 0 Å². The van der Waals surface area contributed by atoms with Crippen molar-refractivity contribution in [2.45, 2.75) is 18.7 Å². The van der Waals surface area contributed by atoms with Crippen LogP contribution in [0.1, 0.15) is 13.3 Å². The highest BCUT2D eigenvalue weighted by atomic mass is 35.5. The highest BCUT2D eigenvalue weighted by Gasteiger charge is 2.23. The molecule has 1 heterocycles. The minimum Gasteiger partial charge on any atom is -0.380 e. The summed E-state index contributed by atoms with van der Waals surface area (Å²) in [5.41, 5.74) is 0. The Bertz CT molecular complexity index is 74.9. The van der Waals surface area contributed by atoms with Crippen molar-refractivity contribution >= 4 is 11.6 Å². The largest absolute Gasteiger partial charge is 0.380 e. The summed E-state index contributed by atoms with van der Waals surface area (Å²) < 4.78 is 5.13. The van der Waals surface area contributed by atoms with Gasteiger partial charge in [0.15, 0.2) is 0 Å². The molecule has 1 rings (SSSR count). The van der Waals surface area contributed by atoms with Crippen LogP contribution in [0.15, 0.2) is 0 Å². The van der Waals surface area contributed by atoms with E-state index in [1.165, 1.54) is 0 Å². The fourth-order valence-corrected chi connectivity index (χ4v) is 1.29. The summed E-state index contributed by atoms with van der Waals surface area (Å²) in [6.07, 6.45) is 1.15. The zero-order chi connectivity index (χ0) is 5.98. The van der Waals surface area contributed by atoms with Gasteiger partial charge in [0, 0.05) is 5.92 Å². The van der Waals surface area contributed by atoms with Gasteiger partial charge in [0.05, 0.1) is 18.6 Å². The van der Waals surface area contributed by atoms with Gasteiger partial charge in [-0.15, -0.1) is 11.6 Å². The fourth-order valence-electron chi connectivity index (χ4n) is 0.946. The first-order valence-electron chi connectivity index (χ1n) is 3.06. The second-order valence-corrected chi connectivity index (χ2v) is 2.78. The Kier molecular flexibility index (Phi) is 2.15. The molecular weight excluding hydrogens is 124 g/mol. The summed E-state index contributed by atoms with van der Waals surface area (Å²) in [5.74, 6) is 0.608. The first kappa shape index (κ1) is 6.37. The van der Waals surface area contributed by atoms with Crippen LogP contribution in [0.2, 0.25) is 0 Å². The van der Waals surface area contributed by atoms with Gasteiger partial charge >= 0.3 is 0 Å². The van der Waals surface area contributed by atoms with Gasteiger partial charge in [0.1, 0.15) is 0 Å². The SMILES string of the molecule is CCC1COCC1Cl. The van der Waals surface area contributed by atoms with Gasteiger partial charge in [-0.1, -0.05) is 6.92 Å². The molecule has 48 valence electrons. The number of rotatable bonds is 1. The topological polar surface area (TPSA) is 9.23 Å². The van der Waals surface area contributed by atoms with Crippen molar-refractivity contribution in [3.8, 4) is 0 Å². The van der Waals surface area contributed by atoms with E-state index in [0.717, 1.165) is 19.6 Å². The molecule has 1 aliphatic heterocycles. The van der Waals surface area contributed by atoms with Crippen molar-refractivity contribution in [2.24, 2.45) is 5.92 Å². The average molecular weight is 135 g/mol. The molecule has 0 aliphatic carbocycles. The van der Waals surface area contributed by atoms with E-state index in [1.807, 2.05) is 0 Å². The molecule has 0 aromatic heterocycles. The highest BCUT2D eigenvalue weighted by molar-refractivity contribution is 6.21. The van der Waals surface area contributed by atoms with Crippen LogP contribution in [0.4, 0.5) is 0 Å². The lowest BCUT2D eigenvalue weighted by atomic mass is 10.1. The van der Waals surface area contributed by atoms with Gasteiger partial charge in [-0.25, -0.2) is 0 Å². The molecule has 2 heteroatoms. The predicted octanol–water partition coefficient (Wildman–Crippen LogP) is 1.65. The maximum Gasteiger partial charge on any atom is 0.0633 e. The van der Waals surface area contributed by atoms with E-state index in [9.17, 15) is 0 Å². The summed E-state index contributed by atoms with van der Waals surface area (Å²) in [7, 11) is 0. The zero-order valence-corrected chi connectivity index (χ0v) is 5.82. The molecule has 1 fully saturated rings. The van der Waals surface area contributed by atoms with Gasteiger partial charge in [-0.2, -0.15) is 0 Å². The van der Waals surface area contributed by atoms with Gasteiger partial charge in [-0.3, -0.25) is 0 Å². The third-order valence-corrected chi connectivity index (χ3v) is 2.13. The molecule has 1 nitrogen and oxygen atoms in total. The lowest BCUT2D eigenvalue weighted by Crippen LogP contribution is -2.09. The standard InChI is InChI=1S/C6H11ClO/c1-2-5-3-8-4-6(5)7/h5-6H,2-4H2,1H3. The summed E-state index contributed by atoms with van der Waals surface area (Å²) in [5, 5.41) is 0.278.